The van der Waals surface area contributed by atoms with Gasteiger partial charge < -0.3 is 9.47 Å². The molecule has 0 aliphatic heterocycles. The molecule has 0 saturated carbocycles. The van der Waals surface area contributed by atoms with Crippen LogP contribution in [0.2, 0.25) is 0 Å². The highest BCUT2D eigenvalue weighted by Gasteiger charge is 2.14. The van der Waals surface area contributed by atoms with Gasteiger partial charge in [-0.15, -0.1) is 6.42 Å². The SMILES string of the molecule is C#CC(CC(=O)OCC)OC(C)=O. The smallest absolute Gasteiger partial charge is 0.310 e. The Morgan fingerprint density at radius 3 is 2.54 bits per heavy atom. The number of terminal acetylenes is 1. The highest BCUT2D eigenvalue weighted by molar-refractivity contribution is 5.72. The second kappa shape index (κ2) is 6.06. The van der Waals surface area contributed by atoms with Crippen molar-refractivity contribution in [2.45, 2.75) is 26.4 Å². The van der Waals surface area contributed by atoms with Crippen molar-refractivity contribution < 1.29 is 19.1 Å². The van der Waals surface area contributed by atoms with E-state index in [1.165, 1.54) is 6.92 Å². The molecule has 0 amide bonds. The Hall–Kier alpha value is -1.50. The van der Waals surface area contributed by atoms with Crippen LogP contribution >= 0.6 is 0 Å². The largest absolute Gasteiger partial charge is 0.466 e. The number of carbonyl (C=O) groups is 2. The zero-order valence-electron chi connectivity index (χ0n) is 7.70. The van der Waals surface area contributed by atoms with Crippen LogP contribution < -0.4 is 0 Å². The van der Waals surface area contributed by atoms with Gasteiger partial charge >= 0.3 is 11.9 Å². The molecule has 0 rings (SSSR count). The molecule has 0 heterocycles. The van der Waals surface area contributed by atoms with Gasteiger partial charge in [-0.2, -0.15) is 0 Å². The van der Waals surface area contributed by atoms with Gasteiger partial charge in [0.2, 0.25) is 0 Å². The number of hydrogen-bond acceptors (Lipinski definition) is 4. The van der Waals surface area contributed by atoms with Gasteiger partial charge in [0.1, 0.15) is 0 Å². The zero-order valence-corrected chi connectivity index (χ0v) is 7.70. The summed E-state index contributed by atoms with van der Waals surface area (Å²) in [4.78, 5) is 21.4. The molecule has 72 valence electrons. The summed E-state index contributed by atoms with van der Waals surface area (Å²) in [6.45, 7) is 3.21. The fourth-order valence-electron chi connectivity index (χ4n) is 0.706. The first-order valence-electron chi connectivity index (χ1n) is 3.89. The molecule has 0 spiro atoms. The van der Waals surface area contributed by atoms with Crippen molar-refractivity contribution in [2.24, 2.45) is 0 Å². The van der Waals surface area contributed by atoms with Crippen molar-refractivity contribution in [1.82, 2.24) is 0 Å². The van der Waals surface area contributed by atoms with Crippen molar-refractivity contribution in [3.8, 4) is 12.3 Å². The molecule has 4 heteroatoms. The molecule has 1 unspecified atom stereocenters. The molecule has 0 fully saturated rings. The molecular weight excluding hydrogens is 172 g/mol. The van der Waals surface area contributed by atoms with Crippen molar-refractivity contribution in [2.75, 3.05) is 6.61 Å². The van der Waals surface area contributed by atoms with Crippen molar-refractivity contribution in [3.05, 3.63) is 0 Å². The Morgan fingerprint density at radius 2 is 2.15 bits per heavy atom. The van der Waals surface area contributed by atoms with E-state index in [4.69, 9.17) is 6.42 Å². The quantitative estimate of drug-likeness (QED) is 0.471. The van der Waals surface area contributed by atoms with E-state index in [0.29, 0.717) is 0 Å². The Morgan fingerprint density at radius 1 is 1.54 bits per heavy atom. The predicted octanol–water partition coefficient (Wildman–Crippen LogP) is 0.504. The maximum Gasteiger partial charge on any atom is 0.310 e. The third-order valence-corrected chi connectivity index (χ3v) is 1.15. The molecule has 4 nitrogen and oxygen atoms in total. The molecule has 13 heavy (non-hydrogen) atoms. The first kappa shape index (κ1) is 11.5. The first-order chi connectivity index (χ1) is 6.10. The third kappa shape index (κ3) is 5.74. The molecule has 0 bridgehead atoms. The summed E-state index contributed by atoms with van der Waals surface area (Å²) in [6, 6.07) is 0. The summed E-state index contributed by atoms with van der Waals surface area (Å²) in [5.41, 5.74) is 0. The second-order valence-corrected chi connectivity index (χ2v) is 2.27. The van der Waals surface area contributed by atoms with Gasteiger partial charge in [-0.3, -0.25) is 9.59 Å². The minimum atomic E-state index is -0.823. The number of carbonyl (C=O) groups excluding carboxylic acids is 2. The average Bonchev–Trinajstić information content (AvgIpc) is 2.02. The highest BCUT2D eigenvalue weighted by atomic mass is 16.6. The molecule has 0 radical (unpaired) electrons. The molecular formula is C9H12O4. The van der Waals surface area contributed by atoms with Crippen LogP contribution in [0.15, 0.2) is 0 Å². The average molecular weight is 184 g/mol. The molecule has 0 saturated heterocycles. The lowest BCUT2D eigenvalue weighted by atomic mass is 10.2. The fraction of sp³-hybridized carbons (Fsp3) is 0.556. The number of hydrogen-bond donors (Lipinski definition) is 0. The van der Waals surface area contributed by atoms with Gasteiger partial charge in [-0.05, 0) is 6.92 Å². The molecule has 0 aromatic rings. The highest BCUT2D eigenvalue weighted by Crippen LogP contribution is 1.99. The van der Waals surface area contributed by atoms with Gasteiger partial charge in [-0.1, -0.05) is 5.92 Å². The van der Waals surface area contributed by atoms with Crippen LogP contribution in [0.25, 0.3) is 0 Å². The van der Waals surface area contributed by atoms with E-state index in [1.807, 2.05) is 0 Å². The molecule has 0 aromatic heterocycles. The Labute approximate surface area is 77.2 Å². The minimum absolute atomic E-state index is 0.0933. The summed E-state index contributed by atoms with van der Waals surface area (Å²) in [7, 11) is 0. The lowest BCUT2D eigenvalue weighted by Crippen LogP contribution is -2.19. The van der Waals surface area contributed by atoms with Crippen LogP contribution in [0.1, 0.15) is 20.3 Å². The van der Waals surface area contributed by atoms with Gasteiger partial charge in [0.25, 0.3) is 0 Å². The summed E-state index contributed by atoms with van der Waals surface area (Å²) < 4.78 is 9.27. The van der Waals surface area contributed by atoms with Crippen molar-refractivity contribution in [3.63, 3.8) is 0 Å². The van der Waals surface area contributed by atoms with Crippen LogP contribution in [0.5, 0.6) is 0 Å². The molecule has 0 aromatic carbocycles. The zero-order chi connectivity index (χ0) is 10.3. The third-order valence-electron chi connectivity index (χ3n) is 1.15. The van der Waals surface area contributed by atoms with E-state index in [9.17, 15) is 9.59 Å². The Bertz CT molecular complexity index is 226. The topological polar surface area (TPSA) is 52.6 Å². The minimum Gasteiger partial charge on any atom is -0.466 e. The van der Waals surface area contributed by atoms with Gasteiger partial charge in [0, 0.05) is 6.92 Å². The van der Waals surface area contributed by atoms with E-state index in [2.05, 4.69) is 15.4 Å². The monoisotopic (exact) mass is 184 g/mol. The van der Waals surface area contributed by atoms with Gasteiger partial charge in [0.15, 0.2) is 6.10 Å². The van der Waals surface area contributed by atoms with E-state index in [-0.39, 0.29) is 13.0 Å². The molecule has 0 aliphatic rings. The summed E-state index contributed by atoms with van der Waals surface area (Å²) in [5, 5.41) is 0. The maximum atomic E-state index is 10.9. The van der Waals surface area contributed by atoms with Crippen LogP contribution in [-0.4, -0.2) is 24.6 Å². The summed E-state index contributed by atoms with van der Waals surface area (Å²) >= 11 is 0. The Balaban J connectivity index is 3.92. The second-order valence-electron chi connectivity index (χ2n) is 2.27. The lowest BCUT2D eigenvalue weighted by Gasteiger charge is -2.09. The predicted molar refractivity (Wildman–Crippen MR) is 45.6 cm³/mol. The van der Waals surface area contributed by atoms with Crippen molar-refractivity contribution >= 4 is 11.9 Å². The van der Waals surface area contributed by atoms with E-state index in [1.54, 1.807) is 6.92 Å². The van der Waals surface area contributed by atoms with Crippen molar-refractivity contribution in [1.29, 1.82) is 0 Å². The maximum absolute atomic E-state index is 10.9. The van der Waals surface area contributed by atoms with Crippen LogP contribution in [0, 0.1) is 12.3 Å². The van der Waals surface area contributed by atoms with Crippen LogP contribution in [0.4, 0.5) is 0 Å². The van der Waals surface area contributed by atoms with Crippen LogP contribution in [0.3, 0.4) is 0 Å². The number of rotatable bonds is 4. The molecule has 1 atom stereocenters. The lowest BCUT2D eigenvalue weighted by molar-refractivity contribution is -0.150. The van der Waals surface area contributed by atoms with E-state index in [0.717, 1.165) is 0 Å². The number of esters is 2. The summed E-state index contributed by atoms with van der Waals surface area (Å²) in [6.07, 6.45) is 4.11. The first-order valence-corrected chi connectivity index (χ1v) is 3.89. The van der Waals surface area contributed by atoms with E-state index >= 15 is 0 Å². The van der Waals surface area contributed by atoms with Gasteiger partial charge in [0.05, 0.1) is 13.0 Å². The standard InChI is InChI=1S/C9H12O4/c1-4-8(13-7(3)10)6-9(11)12-5-2/h1,8H,5-6H2,2-3H3. The number of ether oxygens (including phenoxy) is 2. The van der Waals surface area contributed by atoms with Gasteiger partial charge in [-0.25, -0.2) is 0 Å². The summed E-state index contributed by atoms with van der Waals surface area (Å²) in [5.74, 6) is 1.21. The van der Waals surface area contributed by atoms with Crippen LogP contribution in [-0.2, 0) is 19.1 Å². The molecule has 0 aliphatic carbocycles. The fourth-order valence-corrected chi connectivity index (χ4v) is 0.706. The molecule has 0 N–H and O–H groups in total. The normalized spacial score (nSPS) is 11.2. The van der Waals surface area contributed by atoms with E-state index < -0.39 is 18.0 Å². The Kier molecular flexibility index (Phi) is 5.37.